The molecule has 0 aliphatic carbocycles. The van der Waals surface area contributed by atoms with E-state index in [4.69, 9.17) is 16.3 Å². The maximum atomic E-state index is 9.22. The van der Waals surface area contributed by atoms with Gasteiger partial charge in [-0.05, 0) is 24.0 Å². The molecule has 0 amide bonds. The van der Waals surface area contributed by atoms with E-state index in [2.05, 4.69) is 24.9 Å². The topological polar surface area (TPSA) is 42.4 Å². The second-order valence-corrected chi connectivity index (χ2v) is 5.13. The first-order valence-corrected chi connectivity index (χ1v) is 7.05. The highest BCUT2D eigenvalue weighted by Gasteiger charge is 2.11. The molecule has 106 valence electrons. The zero-order valence-corrected chi connectivity index (χ0v) is 12.4. The number of nitrogens with zero attached hydrogens (tertiary/aromatic N) is 1. The van der Waals surface area contributed by atoms with Crippen LogP contribution in [0.5, 0.6) is 11.6 Å². The molecule has 0 bridgehead atoms. The molecule has 1 unspecified atom stereocenters. The molecule has 0 spiro atoms. The highest BCUT2D eigenvalue weighted by Crippen LogP contribution is 2.32. The van der Waals surface area contributed by atoms with E-state index < -0.39 is 0 Å². The fraction of sp³-hybridized carbons (Fsp3) is 0.312. The Morgan fingerprint density at radius 1 is 1.35 bits per heavy atom. The fourth-order valence-corrected chi connectivity index (χ4v) is 2.11. The van der Waals surface area contributed by atoms with Gasteiger partial charge in [-0.2, -0.15) is 0 Å². The zero-order chi connectivity index (χ0) is 14.5. The lowest BCUT2D eigenvalue weighted by atomic mass is 9.98. The van der Waals surface area contributed by atoms with Crippen molar-refractivity contribution < 1.29 is 9.84 Å². The first-order chi connectivity index (χ1) is 9.65. The Morgan fingerprint density at radius 2 is 2.10 bits per heavy atom. The molecular formula is C16H18ClNO2. The van der Waals surface area contributed by atoms with Gasteiger partial charge in [0, 0.05) is 17.8 Å². The molecule has 0 fully saturated rings. The van der Waals surface area contributed by atoms with Crippen molar-refractivity contribution in [2.75, 3.05) is 0 Å². The van der Waals surface area contributed by atoms with Crippen LogP contribution in [0.2, 0.25) is 5.02 Å². The van der Waals surface area contributed by atoms with E-state index in [1.54, 1.807) is 6.07 Å². The summed E-state index contributed by atoms with van der Waals surface area (Å²) in [6, 6.07) is 9.59. The first-order valence-electron chi connectivity index (χ1n) is 6.67. The van der Waals surface area contributed by atoms with Gasteiger partial charge >= 0.3 is 0 Å². The Morgan fingerprint density at radius 3 is 2.80 bits per heavy atom. The van der Waals surface area contributed by atoms with E-state index in [0.29, 0.717) is 22.4 Å². The van der Waals surface area contributed by atoms with Crippen LogP contribution in [-0.2, 0) is 6.61 Å². The Balaban J connectivity index is 2.30. The predicted octanol–water partition coefficient (Wildman–Crippen LogP) is 4.53. The lowest BCUT2D eigenvalue weighted by molar-refractivity contribution is 0.281. The number of hydrogen-bond donors (Lipinski definition) is 1. The molecule has 0 radical (unpaired) electrons. The van der Waals surface area contributed by atoms with Crippen LogP contribution >= 0.6 is 11.6 Å². The Hall–Kier alpha value is -1.58. The molecule has 2 aromatic rings. The Kier molecular flexibility index (Phi) is 4.99. The summed E-state index contributed by atoms with van der Waals surface area (Å²) in [6.45, 7) is 4.17. The number of aromatic nitrogens is 1. The zero-order valence-electron chi connectivity index (χ0n) is 11.6. The van der Waals surface area contributed by atoms with Crippen LogP contribution < -0.4 is 4.74 Å². The SMILES string of the molecule is CCC(C)c1ccccc1Oc1cc(CO)c(Cl)cn1. The maximum absolute atomic E-state index is 9.22. The number of aliphatic hydroxyl groups is 1. The molecule has 0 aliphatic rings. The van der Waals surface area contributed by atoms with Gasteiger partial charge in [-0.1, -0.05) is 43.6 Å². The minimum absolute atomic E-state index is 0.134. The van der Waals surface area contributed by atoms with E-state index in [-0.39, 0.29) is 6.61 Å². The van der Waals surface area contributed by atoms with Gasteiger partial charge in [0.15, 0.2) is 0 Å². The molecule has 1 atom stereocenters. The number of rotatable bonds is 5. The van der Waals surface area contributed by atoms with E-state index in [1.807, 2.05) is 18.2 Å². The normalized spacial score (nSPS) is 12.2. The highest BCUT2D eigenvalue weighted by atomic mass is 35.5. The van der Waals surface area contributed by atoms with Gasteiger partial charge < -0.3 is 9.84 Å². The minimum Gasteiger partial charge on any atom is -0.439 e. The molecule has 1 N–H and O–H groups in total. The van der Waals surface area contributed by atoms with Crippen LogP contribution in [0.15, 0.2) is 36.5 Å². The van der Waals surface area contributed by atoms with Crippen LogP contribution in [0.3, 0.4) is 0 Å². The number of halogens is 1. The fourth-order valence-electron chi connectivity index (χ4n) is 1.95. The summed E-state index contributed by atoms with van der Waals surface area (Å²) >= 11 is 5.93. The number of benzene rings is 1. The van der Waals surface area contributed by atoms with Crippen molar-refractivity contribution in [2.45, 2.75) is 32.8 Å². The molecule has 0 aliphatic heterocycles. The molecule has 1 heterocycles. The standard InChI is InChI=1S/C16H18ClNO2/c1-3-11(2)13-6-4-5-7-15(13)20-16-8-12(10-19)14(17)9-18-16/h4-9,11,19H,3,10H2,1-2H3. The third kappa shape index (κ3) is 3.30. The molecule has 2 rings (SSSR count). The number of pyridine rings is 1. The molecule has 0 saturated heterocycles. The van der Waals surface area contributed by atoms with Crippen molar-refractivity contribution in [1.29, 1.82) is 0 Å². The van der Waals surface area contributed by atoms with Crippen molar-refractivity contribution in [1.82, 2.24) is 4.98 Å². The van der Waals surface area contributed by atoms with Crippen molar-refractivity contribution in [3.05, 3.63) is 52.7 Å². The van der Waals surface area contributed by atoms with Gasteiger partial charge in [0.1, 0.15) is 5.75 Å². The highest BCUT2D eigenvalue weighted by molar-refractivity contribution is 6.31. The third-order valence-corrected chi connectivity index (χ3v) is 3.70. The monoisotopic (exact) mass is 291 g/mol. The number of ether oxygens (including phenoxy) is 1. The van der Waals surface area contributed by atoms with E-state index in [0.717, 1.165) is 17.7 Å². The van der Waals surface area contributed by atoms with Crippen molar-refractivity contribution in [3.8, 4) is 11.6 Å². The average Bonchev–Trinajstić information content (AvgIpc) is 2.49. The lowest BCUT2D eigenvalue weighted by Crippen LogP contribution is -1.98. The Labute approximate surface area is 124 Å². The van der Waals surface area contributed by atoms with Gasteiger partial charge in [0.05, 0.1) is 11.6 Å². The Bertz CT molecular complexity index is 586. The quantitative estimate of drug-likeness (QED) is 0.880. The number of aliphatic hydroxyl groups excluding tert-OH is 1. The van der Waals surface area contributed by atoms with Crippen LogP contribution in [0.4, 0.5) is 0 Å². The van der Waals surface area contributed by atoms with Gasteiger partial charge in [0.25, 0.3) is 0 Å². The molecule has 3 nitrogen and oxygen atoms in total. The van der Waals surface area contributed by atoms with Crippen LogP contribution in [0.1, 0.15) is 37.3 Å². The van der Waals surface area contributed by atoms with Crippen LogP contribution in [0.25, 0.3) is 0 Å². The molecule has 0 saturated carbocycles. The van der Waals surface area contributed by atoms with Crippen molar-refractivity contribution in [2.24, 2.45) is 0 Å². The van der Waals surface area contributed by atoms with Gasteiger partial charge in [0.2, 0.25) is 5.88 Å². The summed E-state index contributed by atoms with van der Waals surface area (Å²) in [5.41, 5.74) is 1.76. The molecular weight excluding hydrogens is 274 g/mol. The van der Waals surface area contributed by atoms with Crippen LogP contribution in [-0.4, -0.2) is 10.1 Å². The average molecular weight is 292 g/mol. The lowest BCUT2D eigenvalue weighted by Gasteiger charge is -2.15. The van der Waals surface area contributed by atoms with E-state index in [1.165, 1.54) is 6.20 Å². The van der Waals surface area contributed by atoms with Crippen molar-refractivity contribution >= 4 is 11.6 Å². The molecule has 20 heavy (non-hydrogen) atoms. The van der Waals surface area contributed by atoms with Gasteiger partial charge in [-0.25, -0.2) is 4.98 Å². The maximum Gasteiger partial charge on any atom is 0.219 e. The summed E-state index contributed by atoms with van der Waals surface area (Å²) in [5.74, 6) is 1.64. The van der Waals surface area contributed by atoms with Gasteiger partial charge in [-0.3, -0.25) is 0 Å². The van der Waals surface area contributed by atoms with Crippen LogP contribution in [0, 0.1) is 0 Å². The third-order valence-electron chi connectivity index (χ3n) is 3.36. The summed E-state index contributed by atoms with van der Waals surface area (Å²) in [5, 5.41) is 9.66. The molecule has 1 aromatic carbocycles. The summed E-state index contributed by atoms with van der Waals surface area (Å²) in [4.78, 5) is 4.14. The van der Waals surface area contributed by atoms with Gasteiger partial charge in [-0.15, -0.1) is 0 Å². The second-order valence-electron chi connectivity index (χ2n) is 4.72. The molecule has 1 aromatic heterocycles. The number of para-hydroxylation sites is 1. The minimum atomic E-state index is -0.134. The predicted molar refractivity (Wildman–Crippen MR) is 80.4 cm³/mol. The summed E-state index contributed by atoms with van der Waals surface area (Å²) < 4.78 is 5.85. The van der Waals surface area contributed by atoms with E-state index in [9.17, 15) is 5.11 Å². The largest absolute Gasteiger partial charge is 0.439 e. The summed E-state index contributed by atoms with van der Waals surface area (Å²) in [6.07, 6.45) is 2.53. The summed E-state index contributed by atoms with van der Waals surface area (Å²) in [7, 11) is 0. The van der Waals surface area contributed by atoms with E-state index >= 15 is 0 Å². The molecule has 4 heteroatoms. The first kappa shape index (κ1) is 14.8. The van der Waals surface area contributed by atoms with Crippen molar-refractivity contribution in [3.63, 3.8) is 0 Å². The second kappa shape index (κ2) is 6.73. The number of hydrogen-bond acceptors (Lipinski definition) is 3. The smallest absolute Gasteiger partial charge is 0.219 e.